The molecule has 0 aliphatic carbocycles. The van der Waals surface area contributed by atoms with Crippen molar-refractivity contribution in [2.75, 3.05) is 13.2 Å². The zero-order valence-electron chi connectivity index (χ0n) is 18.0. The van der Waals surface area contributed by atoms with Crippen LogP contribution in [0.2, 0.25) is 0 Å². The Kier molecular flexibility index (Phi) is 8.25. The number of amides is 2. The zero-order chi connectivity index (χ0) is 24.9. The number of halogens is 4. The molecule has 0 radical (unpaired) electrons. The second-order valence-corrected chi connectivity index (χ2v) is 10.1. The van der Waals surface area contributed by atoms with Crippen molar-refractivity contribution in [3.63, 3.8) is 0 Å². The van der Waals surface area contributed by atoms with Gasteiger partial charge in [-0.05, 0) is 109 Å². The Balaban J connectivity index is 1.40. The molecule has 1 fully saturated rings. The molecule has 1 aliphatic rings. The second kappa shape index (κ2) is 11.4. The van der Waals surface area contributed by atoms with Gasteiger partial charge in [0.1, 0.15) is 36.3 Å². The predicted octanol–water partition coefficient (Wildman–Crippen LogP) is 7.18. The summed E-state index contributed by atoms with van der Waals surface area (Å²) in [7, 11) is 0. The molecule has 0 unspecified atom stereocenters. The minimum Gasteiger partial charge on any atom is -0.492 e. The van der Waals surface area contributed by atoms with Crippen molar-refractivity contribution in [1.29, 1.82) is 0 Å². The predicted molar refractivity (Wildman–Crippen MR) is 137 cm³/mol. The number of benzene rings is 3. The smallest absolute Gasteiger partial charge is 0.293 e. The zero-order valence-corrected chi connectivity index (χ0v) is 22.0. The molecule has 0 atom stereocenters. The molecule has 10 heteroatoms. The van der Waals surface area contributed by atoms with Gasteiger partial charge in [0.15, 0.2) is 0 Å². The standard InChI is InChI=1S/C25H17Br2F2NO4S/c26-20-11-16(12-21(27)23(20)34-14-15-1-3-17(28)4-2-15)13-22-24(31)30(25(32)35-22)9-10-33-19-7-5-18(29)6-8-19/h1-8,11-13H,9-10,14H2/b22-13-. The molecule has 3 aromatic rings. The van der Waals surface area contributed by atoms with Gasteiger partial charge in [-0.25, -0.2) is 8.78 Å². The normalized spacial score (nSPS) is 14.6. The van der Waals surface area contributed by atoms with Gasteiger partial charge in [-0.1, -0.05) is 12.1 Å². The molecule has 0 bridgehead atoms. The number of hydrogen-bond acceptors (Lipinski definition) is 5. The molecule has 180 valence electrons. The molecule has 1 heterocycles. The van der Waals surface area contributed by atoms with Crippen LogP contribution in [0.4, 0.5) is 13.6 Å². The Bertz CT molecular complexity index is 1260. The van der Waals surface area contributed by atoms with Gasteiger partial charge >= 0.3 is 0 Å². The van der Waals surface area contributed by atoms with E-state index in [4.69, 9.17) is 9.47 Å². The van der Waals surface area contributed by atoms with Gasteiger partial charge in [0.05, 0.1) is 20.4 Å². The molecule has 0 spiro atoms. The van der Waals surface area contributed by atoms with Crippen molar-refractivity contribution >= 4 is 60.8 Å². The molecule has 4 rings (SSSR count). The van der Waals surface area contributed by atoms with Gasteiger partial charge in [0, 0.05) is 0 Å². The third-order valence-electron chi connectivity index (χ3n) is 4.89. The maximum absolute atomic E-state index is 13.1. The molecule has 35 heavy (non-hydrogen) atoms. The van der Waals surface area contributed by atoms with Crippen molar-refractivity contribution in [1.82, 2.24) is 4.90 Å². The van der Waals surface area contributed by atoms with Crippen LogP contribution in [-0.4, -0.2) is 29.2 Å². The number of thioether (sulfide) groups is 1. The van der Waals surface area contributed by atoms with Crippen LogP contribution >= 0.6 is 43.6 Å². The van der Waals surface area contributed by atoms with E-state index in [-0.39, 0.29) is 41.5 Å². The first-order valence-electron chi connectivity index (χ1n) is 10.3. The number of carbonyl (C=O) groups is 2. The van der Waals surface area contributed by atoms with Crippen LogP contribution in [0.25, 0.3) is 6.08 Å². The topological polar surface area (TPSA) is 55.8 Å². The first kappa shape index (κ1) is 25.4. The Hall–Kier alpha value is -2.69. The van der Waals surface area contributed by atoms with Crippen molar-refractivity contribution in [3.05, 3.63) is 97.3 Å². The number of hydrogen-bond donors (Lipinski definition) is 0. The average molecular weight is 625 g/mol. The van der Waals surface area contributed by atoms with E-state index in [1.807, 2.05) is 0 Å². The number of nitrogens with zero attached hydrogens (tertiary/aromatic N) is 1. The lowest BCUT2D eigenvalue weighted by atomic mass is 10.2. The van der Waals surface area contributed by atoms with Crippen LogP contribution in [-0.2, 0) is 11.4 Å². The minimum atomic E-state index is -0.411. The van der Waals surface area contributed by atoms with E-state index in [0.717, 1.165) is 22.2 Å². The van der Waals surface area contributed by atoms with Gasteiger partial charge in [-0.3, -0.25) is 14.5 Å². The van der Waals surface area contributed by atoms with Gasteiger partial charge in [-0.2, -0.15) is 0 Å². The molecule has 0 saturated carbocycles. The van der Waals surface area contributed by atoms with E-state index in [9.17, 15) is 18.4 Å². The van der Waals surface area contributed by atoms with E-state index < -0.39 is 5.91 Å². The molecule has 2 amide bonds. The Labute approximate surface area is 221 Å². The summed E-state index contributed by atoms with van der Waals surface area (Å²) in [5, 5.41) is -0.388. The van der Waals surface area contributed by atoms with Crippen molar-refractivity contribution in [3.8, 4) is 11.5 Å². The van der Waals surface area contributed by atoms with Gasteiger partial charge in [0.25, 0.3) is 11.1 Å². The maximum atomic E-state index is 13.1. The van der Waals surface area contributed by atoms with E-state index in [1.165, 1.54) is 36.4 Å². The van der Waals surface area contributed by atoms with Crippen LogP contribution in [0.1, 0.15) is 11.1 Å². The lowest BCUT2D eigenvalue weighted by Crippen LogP contribution is -2.32. The molecule has 0 N–H and O–H groups in total. The number of ether oxygens (including phenoxy) is 2. The minimum absolute atomic E-state index is 0.0724. The van der Waals surface area contributed by atoms with Gasteiger partial charge in [0.2, 0.25) is 0 Å². The molecule has 3 aromatic carbocycles. The molecule has 1 saturated heterocycles. The summed E-state index contributed by atoms with van der Waals surface area (Å²) < 4.78 is 38.7. The fourth-order valence-corrected chi connectivity index (χ4v) is 5.48. The highest BCUT2D eigenvalue weighted by atomic mass is 79.9. The third-order valence-corrected chi connectivity index (χ3v) is 6.97. The first-order valence-corrected chi connectivity index (χ1v) is 12.7. The van der Waals surface area contributed by atoms with Crippen molar-refractivity contribution in [2.45, 2.75) is 6.61 Å². The average Bonchev–Trinajstić information content (AvgIpc) is 3.08. The highest BCUT2D eigenvalue weighted by Gasteiger charge is 2.34. The molecular weight excluding hydrogens is 608 g/mol. The summed E-state index contributed by atoms with van der Waals surface area (Å²) in [6.45, 7) is 0.410. The van der Waals surface area contributed by atoms with E-state index in [2.05, 4.69) is 31.9 Å². The van der Waals surface area contributed by atoms with Crippen LogP contribution in [0, 0.1) is 11.6 Å². The van der Waals surface area contributed by atoms with Crippen LogP contribution in [0.5, 0.6) is 11.5 Å². The SMILES string of the molecule is O=C1S/C(=C\c2cc(Br)c(OCc3ccc(F)cc3)c(Br)c2)C(=O)N1CCOc1ccc(F)cc1. The summed E-state index contributed by atoms with van der Waals surface area (Å²) in [5.74, 6) is -0.0982. The van der Waals surface area contributed by atoms with Gasteiger partial charge in [-0.15, -0.1) is 0 Å². The highest BCUT2D eigenvalue weighted by molar-refractivity contribution is 9.11. The molecule has 5 nitrogen and oxygen atoms in total. The fraction of sp³-hybridized carbons (Fsp3) is 0.120. The summed E-state index contributed by atoms with van der Waals surface area (Å²) in [6.07, 6.45) is 1.63. The van der Waals surface area contributed by atoms with Crippen LogP contribution in [0.3, 0.4) is 0 Å². The highest BCUT2D eigenvalue weighted by Crippen LogP contribution is 2.38. The largest absolute Gasteiger partial charge is 0.492 e. The van der Waals surface area contributed by atoms with Crippen LogP contribution < -0.4 is 9.47 Å². The molecule has 1 aliphatic heterocycles. The second-order valence-electron chi connectivity index (χ2n) is 7.36. The molecule has 0 aromatic heterocycles. The van der Waals surface area contributed by atoms with E-state index >= 15 is 0 Å². The Morgan fingerprint density at radius 1 is 0.886 bits per heavy atom. The monoisotopic (exact) mass is 623 g/mol. The maximum Gasteiger partial charge on any atom is 0.293 e. The van der Waals surface area contributed by atoms with Crippen LogP contribution in [0.15, 0.2) is 74.5 Å². The summed E-state index contributed by atoms with van der Waals surface area (Å²) >= 11 is 7.81. The van der Waals surface area contributed by atoms with Crippen molar-refractivity contribution < 1.29 is 27.8 Å². The van der Waals surface area contributed by atoms with Crippen molar-refractivity contribution in [2.24, 2.45) is 0 Å². The Morgan fingerprint density at radius 3 is 2.11 bits per heavy atom. The Morgan fingerprint density at radius 2 is 1.49 bits per heavy atom. The third kappa shape index (κ3) is 6.50. The molecular formula is C25H17Br2F2NO4S. The summed E-state index contributed by atoms with van der Waals surface area (Å²) in [5.41, 5.74) is 1.50. The van der Waals surface area contributed by atoms with E-state index in [1.54, 1.807) is 30.3 Å². The lowest BCUT2D eigenvalue weighted by molar-refractivity contribution is -0.123. The number of rotatable bonds is 8. The fourth-order valence-electron chi connectivity index (χ4n) is 3.17. The lowest BCUT2D eigenvalue weighted by Gasteiger charge is -2.13. The van der Waals surface area contributed by atoms with E-state index in [0.29, 0.717) is 26.0 Å². The number of imide groups is 1. The summed E-state index contributed by atoms with van der Waals surface area (Å²) in [4.78, 5) is 26.5. The first-order chi connectivity index (χ1) is 16.8. The summed E-state index contributed by atoms with van der Waals surface area (Å²) in [6, 6.07) is 15.1. The van der Waals surface area contributed by atoms with Gasteiger partial charge < -0.3 is 9.47 Å². The quantitative estimate of drug-likeness (QED) is 0.249. The number of carbonyl (C=O) groups excluding carboxylic acids is 2.